The standard InChI is InChI=1S/C13H20BN3O.C5H6.CH4O/c1-8-10(3)16(6)13-14-9(2)11(7-15(4)5)17(13)12(8)18;1-2-4-5-3-1;1-2/h7H2,1-6H3;1-4H,5H2;2H,1H3. The van der Waals surface area contributed by atoms with Crippen LogP contribution in [0.1, 0.15) is 28.8 Å². The Morgan fingerprint density at radius 1 is 1.16 bits per heavy atom. The van der Waals surface area contributed by atoms with Gasteiger partial charge in [-0.05, 0) is 6.42 Å². The monoisotopic (exact) mass is 343 g/mol. The summed E-state index contributed by atoms with van der Waals surface area (Å²) in [5.74, 6) is 0. The third-order valence-electron chi connectivity index (χ3n) is 4.33. The fourth-order valence-electron chi connectivity index (χ4n) is 2.76. The average molecular weight is 343 g/mol. The zero-order valence-corrected chi connectivity index (χ0v) is 16.5. The summed E-state index contributed by atoms with van der Waals surface area (Å²) in [6.07, 6.45) is 9.50. The van der Waals surface area contributed by atoms with Crippen LogP contribution < -0.4 is 5.56 Å². The van der Waals surface area contributed by atoms with Crippen molar-refractivity contribution in [2.45, 2.75) is 33.7 Å². The molecule has 0 amide bonds. The molecule has 0 unspecified atom stereocenters. The number of aryl methyl sites for hydroxylation is 2. The number of allylic oxidation sites excluding steroid dienone is 4. The summed E-state index contributed by atoms with van der Waals surface area (Å²) < 4.78 is 3.93. The molecule has 6 heteroatoms. The van der Waals surface area contributed by atoms with Gasteiger partial charge in [0.1, 0.15) is 0 Å². The average Bonchev–Trinajstić information content (AvgIpc) is 3.26. The second-order valence-corrected chi connectivity index (χ2v) is 6.37. The van der Waals surface area contributed by atoms with Gasteiger partial charge in [-0.1, -0.05) is 24.3 Å². The van der Waals surface area contributed by atoms with Gasteiger partial charge in [-0.2, -0.15) is 0 Å². The van der Waals surface area contributed by atoms with Crippen molar-refractivity contribution in [2.75, 3.05) is 21.2 Å². The molecule has 0 aliphatic heterocycles. The molecule has 0 atom stereocenters. The Balaban J connectivity index is 0.000000376. The predicted octanol–water partition coefficient (Wildman–Crippen LogP) is 2.07. The summed E-state index contributed by atoms with van der Waals surface area (Å²) in [5.41, 5.74) is 5.17. The van der Waals surface area contributed by atoms with Crippen LogP contribution in [0.15, 0.2) is 29.1 Å². The molecule has 5 nitrogen and oxygen atoms in total. The minimum absolute atomic E-state index is 0.102. The topological polar surface area (TPSA) is 49.9 Å². The van der Waals surface area contributed by atoms with Crippen molar-refractivity contribution in [1.29, 1.82) is 0 Å². The van der Waals surface area contributed by atoms with Crippen molar-refractivity contribution in [3.8, 4) is 0 Å². The van der Waals surface area contributed by atoms with Crippen LogP contribution in [0.25, 0.3) is 5.54 Å². The van der Waals surface area contributed by atoms with Gasteiger partial charge in [-0.25, -0.2) is 0 Å². The van der Waals surface area contributed by atoms with Crippen LogP contribution in [0, 0.1) is 20.8 Å². The van der Waals surface area contributed by atoms with Gasteiger partial charge in [0.2, 0.25) is 0 Å². The Kier molecular flexibility index (Phi) is 8.06. The van der Waals surface area contributed by atoms with E-state index in [1.165, 1.54) is 5.46 Å². The van der Waals surface area contributed by atoms with E-state index in [0.29, 0.717) is 0 Å². The van der Waals surface area contributed by atoms with E-state index in [2.05, 4.69) is 47.6 Å². The maximum atomic E-state index is 12.4. The molecule has 1 aliphatic rings. The number of aliphatic hydroxyl groups is 1. The number of aromatic nitrogens is 2. The fraction of sp³-hybridized carbons (Fsp3) is 0.474. The van der Waals surface area contributed by atoms with Gasteiger partial charge in [0.25, 0.3) is 0 Å². The summed E-state index contributed by atoms with van der Waals surface area (Å²) in [6.45, 7) is 8.82. The van der Waals surface area contributed by atoms with Crippen molar-refractivity contribution in [1.82, 2.24) is 13.9 Å². The molecule has 0 saturated carbocycles. The SMILES string of the molecule is C1=CCC=C1.CO.Cc1bc2n(C)c(C)c(C)c(=O)n2c1CN(C)C. The molecule has 0 radical (unpaired) electrons. The van der Waals surface area contributed by atoms with E-state index >= 15 is 0 Å². The molecule has 0 fully saturated rings. The Labute approximate surface area is 151 Å². The van der Waals surface area contributed by atoms with Crippen LogP contribution >= 0.6 is 0 Å². The van der Waals surface area contributed by atoms with Gasteiger partial charge < -0.3 is 5.11 Å². The van der Waals surface area contributed by atoms with Crippen LogP contribution in [0.2, 0.25) is 0 Å². The first-order chi connectivity index (χ1) is 11.8. The number of rotatable bonds is 2. The Morgan fingerprint density at radius 2 is 1.72 bits per heavy atom. The second kappa shape index (κ2) is 9.54. The van der Waals surface area contributed by atoms with Gasteiger partial charge in [0.15, 0.2) is 0 Å². The molecule has 3 rings (SSSR count). The number of hydrogen-bond acceptors (Lipinski definition) is 3. The second-order valence-electron chi connectivity index (χ2n) is 6.37. The van der Waals surface area contributed by atoms with Crippen molar-refractivity contribution in [3.63, 3.8) is 0 Å². The molecule has 0 saturated heterocycles. The van der Waals surface area contributed by atoms with E-state index < -0.39 is 0 Å². The van der Waals surface area contributed by atoms with E-state index in [1.807, 2.05) is 39.4 Å². The quantitative estimate of drug-likeness (QED) is 0.908. The minimum atomic E-state index is 0.102. The van der Waals surface area contributed by atoms with Gasteiger partial charge >= 0.3 is 108 Å². The molecule has 0 aromatic carbocycles. The van der Waals surface area contributed by atoms with Crippen LogP contribution in [0.5, 0.6) is 0 Å². The van der Waals surface area contributed by atoms with E-state index in [0.717, 1.165) is 42.6 Å². The molecule has 2 aromatic heterocycles. The first kappa shape index (κ1) is 21.1. The van der Waals surface area contributed by atoms with Crippen molar-refractivity contribution in [3.05, 3.63) is 57.1 Å². The summed E-state index contributed by atoms with van der Waals surface area (Å²) >= 11 is 0. The first-order valence-electron chi connectivity index (χ1n) is 8.42. The molecule has 1 N–H and O–H groups in total. The van der Waals surface area contributed by atoms with E-state index in [-0.39, 0.29) is 5.56 Å². The Hall–Kier alpha value is -1.92. The van der Waals surface area contributed by atoms with E-state index in [9.17, 15) is 4.79 Å². The maximum absolute atomic E-state index is 12.4. The molecular weight excluding hydrogens is 313 g/mol. The Bertz CT molecular complexity index is 820. The van der Waals surface area contributed by atoms with Crippen LogP contribution in [0.4, 0.5) is 0 Å². The summed E-state index contributed by atoms with van der Waals surface area (Å²) in [7, 11) is 7.05. The van der Waals surface area contributed by atoms with Gasteiger partial charge in [0.05, 0.1) is 0 Å². The number of fused-ring (bicyclic) bond motifs is 1. The van der Waals surface area contributed by atoms with Crippen molar-refractivity contribution >= 4 is 12.5 Å². The van der Waals surface area contributed by atoms with Crippen LogP contribution in [-0.4, -0.2) is 47.1 Å². The first-order valence-corrected chi connectivity index (χ1v) is 8.42. The number of nitrogens with zero attached hydrogens (tertiary/aromatic N) is 3. The zero-order valence-electron chi connectivity index (χ0n) is 16.5. The third kappa shape index (κ3) is 4.80. The Morgan fingerprint density at radius 3 is 2.16 bits per heavy atom. The summed E-state index contributed by atoms with van der Waals surface area (Å²) in [5, 5.41) is 7.00. The summed E-state index contributed by atoms with van der Waals surface area (Å²) in [4.78, 5) is 14.5. The predicted molar refractivity (Wildman–Crippen MR) is 107 cm³/mol. The fourth-order valence-corrected chi connectivity index (χ4v) is 2.76. The molecule has 136 valence electrons. The van der Waals surface area contributed by atoms with Crippen molar-refractivity contribution < 1.29 is 5.11 Å². The van der Waals surface area contributed by atoms with Crippen LogP contribution in [0.3, 0.4) is 0 Å². The summed E-state index contributed by atoms with van der Waals surface area (Å²) in [6, 6.07) is 0. The van der Waals surface area contributed by atoms with E-state index in [1.54, 1.807) is 0 Å². The van der Waals surface area contributed by atoms with Crippen molar-refractivity contribution in [2.24, 2.45) is 7.05 Å². The number of hydrogen-bond donors (Lipinski definition) is 1. The third-order valence-corrected chi connectivity index (χ3v) is 4.33. The molecule has 2 aromatic rings. The van der Waals surface area contributed by atoms with Crippen LogP contribution in [-0.2, 0) is 13.6 Å². The molecular formula is C19H30BN3O2. The van der Waals surface area contributed by atoms with Gasteiger partial charge in [0, 0.05) is 7.11 Å². The van der Waals surface area contributed by atoms with Gasteiger partial charge in [-0.15, -0.1) is 0 Å². The molecule has 2 heterocycles. The molecule has 0 spiro atoms. The zero-order chi connectivity index (χ0) is 19.1. The molecule has 1 aliphatic carbocycles. The molecule has 0 bridgehead atoms. The normalized spacial score (nSPS) is 12.0. The molecule has 25 heavy (non-hydrogen) atoms. The number of aliphatic hydroxyl groups excluding tert-OH is 1. The van der Waals surface area contributed by atoms with E-state index in [4.69, 9.17) is 5.11 Å². The van der Waals surface area contributed by atoms with Gasteiger partial charge in [-0.3, -0.25) is 0 Å².